The average Bonchev–Trinajstić information content (AvgIpc) is 2.56. The number of morpholine rings is 1. The third-order valence-corrected chi connectivity index (χ3v) is 3.49. The van der Waals surface area contributed by atoms with Crippen LogP contribution in [-0.4, -0.2) is 59.4 Å². The number of pyridine rings is 1. The molecule has 1 N–H and O–H groups in total. The van der Waals surface area contributed by atoms with Crippen molar-refractivity contribution >= 4 is 11.9 Å². The molecule has 1 aliphatic rings. The highest BCUT2D eigenvalue weighted by Gasteiger charge is 2.16. The number of nitrogens with zero attached hydrogens (tertiary/aromatic N) is 2. The first-order valence-electron chi connectivity index (χ1n) is 7.47. The monoisotopic (exact) mass is 324 g/mol. The third-order valence-electron chi connectivity index (χ3n) is 3.49. The number of ether oxygens (including phenoxy) is 2. The molecule has 1 saturated heterocycles. The number of carboxylic acids is 1. The van der Waals surface area contributed by atoms with Crippen LogP contribution in [0.1, 0.15) is 12.8 Å². The predicted octanol–water partition coefficient (Wildman–Crippen LogP) is -0.0493. The van der Waals surface area contributed by atoms with E-state index in [2.05, 4.69) is 0 Å². The lowest BCUT2D eigenvalue weighted by Crippen LogP contribution is -2.41. The van der Waals surface area contributed by atoms with Gasteiger partial charge in [-0.25, -0.2) is 0 Å². The summed E-state index contributed by atoms with van der Waals surface area (Å²) in [5.74, 6) is -0.887. The molecule has 0 unspecified atom stereocenters. The van der Waals surface area contributed by atoms with E-state index in [4.69, 9.17) is 14.6 Å². The summed E-state index contributed by atoms with van der Waals surface area (Å²) in [7, 11) is 0. The fourth-order valence-electron chi connectivity index (χ4n) is 2.24. The van der Waals surface area contributed by atoms with E-state index >= 15 is 0 Å². The molecule has 2 heterocycles. The van der Waals surface area contributed by atoms with Gasteiger partial charge >= 0.3 is 5.97 Å². The van der Waals surface area contributed by atoms with Crippen LogP contribution in [0.5, 0.6) is 5.75 Å². The Hall–Kier alpha value is -2.35. The molecular formula is C15H20N2O6. The highest BCUT2D eigenvalue weighted by atomic mass is 16.5. The van der Waals surface area contributed by atoms with Crippen molar-refractivity contribution in [2.24, 2.45) is 0 Å². The highest BCUT2D eigenvalue weighted by molar-refractivity contribution is 5.76. The van der Waals surface area contributed by atoms with Crippen molar-refractivity contribution in [1.29, 1.82) is 0 Å². The van der Waals surface area contributed by atoms with Crippen molar-refractivity contribution in [3.8, 4) is 5.75 Å². The first kappa shape index (κ1) is 17.0. The summed E-state index contributed by atoms with van der Waals surface area (Å²) in [6, 6.07) is 3.13. The van der Waals surface area contributed by atoms with Crippen LogP contribution in [0.25, 0.3) is 0 Å². The maximum Gasteiger partial charge on any atom is 0.305 e. The zero-order chi connectivity index (χ0) is 16.7. The maximum absolute atomic E-state index is 12.1. The quantitative estimate of drug-likeness (QED) is 0.755. The molecular weight excluding hydrogens is 304 g/mol. The second kappa shape index (κ2) is 8.33. The standard InChI is InChI=1S/C15H20N2O6/c18-13(16-7-10-22-11-8-16)4-9-23-12-2-1-5-17(15(12)21)6-3-14(19)20/h1-2,5H,3-4,6-11H2,(H,19,20). The van der Waals surface area contributed by atoms with Gasteiger partial charge in [0.15, 0.2) is 5.75 Å². The van der Waals surface area contributed by atoms with Crippen LogP contribution in [0.3, 0.4) is 0 Å². The molecule has 1 aromatic rings. The Bertz CT molecular complexity index is 606. The number of amides is 1. The van der Waals surface area contributed by atoms with Gasteiger partial charge < -0.3 is 24.0 Å². The number of hydrogen-bond donors (Lipinski definition) is 1. The first-order chi connectivity index (χ1) is 11.1. The summed E-state index contributed by atoms with van der Waals surface area (Å²) >= 11 is 0. The van der Waals surface area contributed by atoms with Crippen molar-refractivity contribution in [3.63, 3.8) is 0 Å². The number of carbonyl (C=O) groups excluding carboxylic acids is 1. The molecule has 0 aliphatic carbocycles. The van der Waals surface area contributed by atoms with Crippen LogP contribution in [0, 0.1) is 0 Å². The highest BCUT2D eigenvalue weighted by Crippen LogP contribution is 2.05. The molecule has 126 valence electrons. The number of carboxylic acid groups (broad SMARTS) is 1. The Morgan fingerprint density at radius 1 is 1.26 bits per heavy atom. The molecule has 1 aliphatic heterocycles. The van der Waals surface area contributed by atoms with E-state index in [9.17, 15) is 14.4 Å². The molecule has 8 heteroatoms. The summed E-state index contributed by atoms with van der Waals surface area (Å²) < 4.78 is 11.9. The summed E-state index contributed by atoms with van der Waals surface area (Å²) in [4.78, 5) is 36.3. The lowest BCUT2D eigenvalue weighted by atomic mass is 10.3. The third kappa shape index (κ3) is 5.10. The van der Waals surface area contributed by atoms with Crippen LogP contribution >= 0.6 is 0 Å². The lowest BCUT2D eigenvalue weighted by Gasteiger charge is -2.26. The summed E-state index contributed by atoms with van der Waals surface area (Å²) in [5, 5.41) is 8.66. The van der Waals surface area contributed by atoms with Gasteiger partial charge in [-0.1, -0.05) is 0 Å². The van der Waals surface area contributed by atoms with Crippen LogP contribution in [0.15, 0.2) is 23.1 Å². The van der Waals surface area contributed by atoms with Gasteiger partial charge in [-0.2, -0.15) is 0 Å². The Kier molecular flexibility index (Phi) is 6.16. The first-order valence-corrected chi connectivity index (χ1v) is 7.47. The number of rotatable bonds is 7. The van der Waals surface area contributed by atoms with Crippen molar-refractivity contribution in [2.75, 3.05) is 32.9 Å². The van der Waals surface area contributed by atoms with Gasteiger partial charge in [0, 0.05) is 25.8 Å². The van der Waals surface area contributed by atoms with Gasteiger partial charge in [0.05, 0.1) is 32.7 Å². The molecule has 23 heavy (non-hydrogen) atoms. The van der Waals surface area contributed by atoms with Gasteiger partial charge in [-0.05, 0) is 12.1 Å². The van der Waals surface area contributed by atoms with E-state index in [0.717, 1.165) is 0 Å². The molecule has 8 nitrogen and oxygen atoms in total. The molecule has 0 bridgehead atoms. The second-order valence-corrected chi connectivity index (χ2v) is 5.11. The predicted molar refractivity (Wildman–Crippen MR) is 80.5 cm³/mol. The number of aryl methyl sites for hydroxylation is 1. The fraction of sp³-hybridized carbons (Fsp3) is 0.533. The fourth-order valence-corrected chi connectivity index (χ4v) is 2.24. The van der Waals surface area contributed by atoms with Gasteiger partial charge in [0.1, 0.15) is 0 Å². The van der Waals surface area contributed by atoms with Gasteiger partial charge in [-0.15, -0.1) is 0 Å². The Balaban J connectivity index is 1.85. The van der Waals surface area contributed by atoms with E-state index in [1.165, 1.54) is 16.8 Å². The lowest BCUT2D eigenvalue weighted by molar-refractivity contribution is -0.137. The Morgan fingerprint density at radius 3 is 2.70 bits per heavy atom. The topological polar surface area (TPSA) is 98.1 Å². The minimum atomic E-state index is -0.973. The largest absolute Gasteiger partial charge is 0.487 e. The smallest absolute Gasteiger partial charge is 0.305 e. The summed E-state index contributed by atoms with van der Waals surface area (Å²) in [6.45, 7) is 2.42. The van der Waals surface area contributed by atoms with Gasteiger partial charge in [0.25, 0.3) is 5.56 Å². The molecule has 1 fully saturated rings. The van der Waals surface area contributed by atoms with E-state index in [0.29, 0.717) is 26.3 Å². The van der Waals surface area contributed by atoms with Gasteiger partial charge in [-0.3, -0.25) is 14.4 Å². The molecule has 0 spiro atoms. The molecule has 2 rings (SSSR count). The summed E-state index contributed by atoms with van der Waals surface area (Å²) in [5.41, 5.74) is -0.396. The molecule has 0 aromatic carbocycles. The zero-order valence-electron chi connectivity index (χ0n) is 12.8. The van der Waals surface area contributed by atoms with Gasteiger partial charge in [0.2, 0.25) is 5.91 Å². The molecule has 1 aromatic heterocycles. The van der Waals surface area contributed by atoms with Crippen LogP contribution in [-0.2, 0) is 20.9 Å². The van der Waals surface area contributed by atoms with E-state index in [1.54, 1.807) is 11.0 Å². The number of carbonyl (C=O) groups is 2. The normalized spacial score (nSPS) is 14.5. The van der Waals surface area contributed by atoms with Crippen molar-refractivity contribution in [3.05, 3.63) is 28.7 Å². The Labute approximate surface area is 133 Å². The SMILES string of the molecule is O=C(O)CCn1cccc(OCCC(=O)N2CCOCC2)c1=O. The van der Waals surface area contributed by atoms with E-state index in [1.807, 2.05) is 0 Å². The van der Waals surface area contributed by atoms with Crippen molar-refractivity contribution < 1.29 is 24.2 Å². The molecule has 0 saturated carbocycles. The molecule has 0 radical (unpaired) electrons. The molecule has 0 atom stereocenters. The van der Waals surface area contributed by atoms with E-state index < -0.39 is 11.5 Å². The second-order valence-electron chi connectivity index (χ2n) is 5.11. The number of hydrogen-bond acceptors (Lipinski definition) is 5. The van der Waals surface area contributed by atoms with E-state index in [-0.39, 0.29) is 37.6 Å². The number of aromatic nitrogens is 1. The maximum atomic E-state index is 12.1. The van der Waals surface area contributed by atoms with Crippen LogP contribution in [0.2, 0.25) is 0 Å². The van der Waals surface area contributed by atoms with Crippen molar-refractivity contribution in [1.82, 2.24) is 9.47 Å². The number of aliphatic carboxylic acids is 1. The summed E-state index contributed by atoms with van der Waals surface area (Å²) in [6.07, 6.45) is 1.55. The van der Waals surface area contributed by atoms with Crippen LogP contribution in [0.4, 0.5) is 0 Å². The minimum Gasteiger partial charge on any atom is -0.487 e. The average molecular weight is 324 g/mol. The molecule has 1 amide bonds. The zero-order valence-corrected chi connectivity index (χ0v) is 12.8. The van der Waals surface area contributed by atoms with Crippen molar-refractivity contribution in [2.45, 2.75) is 19.4 Å². The Morgan fingerprint density at radius 2 is 2.00 bits per heavy atom. The minimum absolute atomic E-state index is 0.0320. The van der Waals surface area contributed by atoms with Crippen LogP contribution < -0.4 is 10.3 Å².